The highest BCUT2D eigenvalue weighted by molar-refractivity contribution is 9.09. The van der Waals surface area contributed by atoms with Gasteiger partial charge < -0.3 is 4.74 Å². The summed E-state index contributed by atoms with van der Waals surface area (Å²) in [7, 11) is 0. The van der Waals surface area contributed by atoms with Crippen LogP contribution >= 0.6 is 15.9 Å². The third-order valence-electron chi connectivity index (χ3n) is 4.44. The van der Waals surface area contributed by atoms with Crippen LogP contribution in [0.25, 0.3) is 0 Å². The molecular weight excluding hydrogens is 276 g/mol. The van der Waals surface area contributed by atoms with E-state index in [1.54, 1.807) is 0 Å². The summed E-state index contributed by atoms with van der Waals surface area (Å²) in [6.45, 7) is 8.70. The van der Waals surface area contributed by atoms with Gasteiger partial charge >= 0.3 is 0 Å². The molecule has 1 nitrogen and oxygen atoms in total. The lowest BCUT2D eigenvalue weighted by Crippen LogP contribution is -2.29. The van der Waals surface area contributed by atoms with Gasteiger partial charge in [0.15, 0.2) is 0 Å². The quantitative estimate of drug-likeness (QED) is 0.484. The fourth-order valence-corrected chi connectivity index (χ4v) is 3.30. The van der Waals surface area contributed by atoms with E-state index < -0.39 is 0 Å². The van der Waals surface area contributed by atoms with Crippen LogP contribution in [0.4, 0.5) is 0 Å². The smallest absolute Gasteiger partial charge is 0.0530 e. The number of hydrogen-bond acceptors (Lipinski definition) is 1. The minimum atomic E-state index is 0.341. The van der Waals surface area contributed by atoms with Gasteiger partial charge in [-0.1, -0.05) is 48.9 Å². The van der Waals surface area contributed by atoms with E-state index in [0.717, 1.165) is 30.4 Å². The minimum absolute atomic E-state index is 0.341. The van der Waals surface area contributed by atoms with Crippen LogP contribution in [-0.4, -0.2) is 18.5 Å². The maximum absolute atomic E-state index is 6.02. The van der Waals surface area contributed by atoms with Crippen LogP contribution in [0.2, 0.25) is 0 Å². The van der Waals surface area contributed by atoms with Crippen molar-refractivity contribution >= 4 is 15.9 Å². The Bertz CT molecular complexity index is 225. The van der Waals surface area contributed by atoms with Crippen LogP contribution in [0.5, 0.6) is 0 Å². The molecule has 0 fully saturated rings. The highest BCUT2D eigenvalue weighted by Gasteiger charge is 2.26. The molecule has 0 aromatic heterocycles. The lowest BCUT2D eigenvalue weighted by molar-refractivity contribution is 0.0204. The zero-order chi connectivity index (χ0) is 12.7. The van der Waals surface area contributed by atoms with Crippen molar-refractivity contribution in [2.24, 2.45) is 17.3 Å². The summed E-state index contributed by atoms with van der Waals surface area (Å²) in [5, 5.41) is 1.05. The van der Waals surface area contributed by atoms with Crippen molar-refractivity contribution in [2.45, 2.75) is 46.5 Å². The maximum atomic E-state index is 6.02. The number of halogens is 1. The van der Waals surface area contributed by atoms with Gasteiger partial charge in [0.05, 0.1) is 6.61 Å². The standard InChI is InChI=1S/C15H27BrO/c1-4-15(5-2,11-16)12-17-10-14-9-7-6-8-13(14)3/h6-7,13-14H,4-5,8-12H2,1-3H3. The van der Waals surface area contributed by atoms with E-state index in [0.29, 0.717) is 5.41 Å². The van der Waals surface area contributed by atoms with Crippen molar-refractivity contribution in [3.8, 4) is 0 Å². The minimum Gasteiger partial charge on any atom is -0.381 e. The number of allylic oxidation sites excluding steroid dienone is 2. The summed E-state index contributed by atoms with van der Waals surface area (Å²) in [5.74, 6) is 1.50. The summed E-state index contributed by atoms with van der Waals surface area (Å²) in [4.78, 5) is 0. The monoisotopic (exact) mass is 302 g/mol. The molecule has 0 aliphatic heterocycles. The molecule has 100 valence electrons. The molecule has 2 unspecified atom stereocenters. The largest absolute Gasteiger partial charge is 0.381 e. The van der Waals surface area contributed by atoms with E-state index in [2.05, 4.69) is 48.9 Å². The summed E-state index contributed by atoms with van der Waals surface area (Å²) in [6.07, 6.45) is 9.41. The van der Waals surface area contributed by atoms with E-state index >= 15 is 0 Å². The highest BCUT2D eigenvalue weighted by Crippen LogP contribution is 2.30. The average Bonchev–Trinajstić information content (AvgIpc) is 2.37. The van der Waals surface area contributed by atoms with Crippen LogP contribution in [0.1, 0.15) is 46.5 Å². The molecule has 0 aromatic rings. The van der Waals surface area contributed by atoms with Crippen molar-refractivity contribution in [3.63, 3.8) is 0 Å². The van der Waals surface area contributed by atoms with Crippen LogP contribution in [0.3, 0.4) is 0 Å². The first-order chi connectivity index (χ1) is 8.17. The van der Waals surface area contributed by atoms with E-state index in [4.69, 9.17) is 4.74 Å². The Morgan fingerprint density at radius 1 is 1.24 bits per heavy atom. The first-order valence-electron chi connectivity index (χ1n) is 6.96. The van der Waals surface area contributed by atoms with Gasteiger partial charge in [-0.25, -0.2) is 0 Å². The third kappa shape index (κ3) is 4.40. The number of ether oxygens (including phenoxy) is 1. The predicted molar refractivity (Wildman–Crippen MR) is 78.7 cm³/mol. The fourth-order valence-electron chi connectivity index (χ4n) is 2.35. The zero-order valence-corrected chi connectivity index (χ0v) is 13.1. The summed E-state index contributed by atoms with van der Waals surface area (Å²) >= 11 is 3.64. The first-order valence-corrected chi connectivity index (χ1v) is 8.08. The van der Waals surface area contributed by atoms with E-state index in [1.807, 2.05) is 0 Å². The topological polar surface area (TPSA) is 9.23 Å². The average molecular weight is 303 g/mol. The van der Waals surface area contributed by atoms with E-state index in [9.17, 15) is 0 Å². The SMILES string of the molecule is CCC(CC)(CBr)COCC1CC=CCC1C. The Balaban J connectivity index is 2.33. The molecular formula is C15H27BrO. The Kier molecular flexibility index (Phi) is 6.79. The van der Waals surface area contributed by atoms with E-state index in [1.165, 1.54) is 25.7 Å². The van der Waals surface area contributed by atoms with Gasteiger partial charge in [0.2, 0.25) is 0 Å². The second-order valence-electron chi connectivity index (χ2n) is 5.54. The van der Waals surface area contributed by atoms with Crippen LogP contribution < -0.4 is 0 Å². The van der Waals surface area contributed by atoms with Crippen LogP contribution in [0, 0.1) is 17.3 Å². The van der Waals surface area contributed by atoms with Crippen molar-refractivity contribution < 1.29 is 4.74 Å². The van der Waals surface area contributed by atoms with Gasteiger partial charge in [-0.3, -0.25) is 0 Å². The van der Waals surface area contributed by atoms with Gasteiger partial charge in [-0.15, -0.1) is 0 Å². The molecule has 17 heavy (non-hydrogen) atoms. The van der Waals surface area contributed by atoms with Crippen molar-refractivity contribution in [2.75, 3.05) is 18.5 Å². The molecule has 0 N–H and O–H groups in total. The van der Waals surface area contributed by atoms with E-state index in [-0.39, 0.29) is 0 Å². The lowest BCUT2D eigenvalue weighted by atomic mass is 9.84. The summed E-state index contributed by atoms with van der Waals surface area (Å²) < 4.78 is 6.02. The molecule has 0 spiro atoms. The molecule has 1 rings (SSSR count). The van der Waals surface area contributed by atoms with Gasteiger partial charge in [-0.05, 0) is 37.5 Å². The summed E-state index contributed by atoms with van der Waals surface area (Å²) in [5.41, 5.74) is 0.341. The maximum Gasteiger partial charge on any atom is 0.0530 e. The second-order valence-corrected chi connectivity index (χ2v) is 6.10. The van der Waals surface area contributed by atoms with Crippen molar-refractivity contribution in [1.29, 1.82) is 0 Å². The summed E-state index contributed by atoms with van der Waals surface area (Å²) in [6, 6.07) is 0. The van der Waals surface area contributed by atoms with Gasteiger partial charge in [-0.2, -0.15) is 0 Å². The van der Waals surface area contributed by atoms with Crippen LogP contribution in [0.15, 0.2) is 12.2 Å². The van der Waals surface area contributed by atoms with Crippen molar-refractivity contribution in [1.82, 2.24) is 0 Å². The lowest BCUT2D eigenvalue weighted by Gasteiger charge is -2.31. The molecule has 1 aliphatic rings. The predicted octanol–water partition coefficient (Wildman–Crippen LogP) is 4.81. The molecule has 0 amide bonds. The number of alkyl halides is 1. The van der Waals surface area contributed by atoms with Gasteiger partial charge in [0, 0.05) is 17.4 Å². The van der Waals surface area contributed by atoms with Crippen LogP contribution in [-0.2, 0) is 4.74 Å². The molecule has 0 bridgehead atoms. The molecule has 0 aromatic carbocycles. The van der Waals surface area contributed by atoms with Crippen molar-refractivity contribution in [3.05, 3.63) is 12.2 Å². The van der Waals surface area contributed by atoms with Gasteiger partial charge in [0.1, 0.15) is 0 Å². The number of rotatable bonds is 7. The Labute approximate surface area is 115 Å². The second kappa shape index (κ2) is 7.58. The molecule has 0 radical (unpaired) electrons. The highest BCUT2D eigenvalue weighted by atomic mass is 79.9. The molecule has 2 heteroatoms. The molecule has 0 heterocycles. The Hall–Kier alpha value is 0.180. The Morgan fingerprint density at radius 3 is 2.41 bits per heavy atom. The fraction of sp³-hybridized carbons (Fsp3) is 0.867. The molecule has 2 atom stereocenters. The van der Waals surface area contributed by atoms with Gasteiger partial charge in [0.25, 0.3) is 0 Å². The zero-order valence-electron chi connectivity index (χ0n) is 11.5. The Morgan fingerprint density at radius 2 is 1.88 bits per heavy atom. The normalized spacial score (nSPS) is 25.2. The number of hydrogen-bond donors (Lipinski definition) is 0. The molecule has 0 saturated heterocycles. The molecule has 0 saturated carbocycles. The third-order valence-corrected chi connectivity index (χ3v) is 5.63. The first kappa shape index (κ1) is 15.2. The molecule has 1 aliphatic carbocycles.